The van der Waals surface area contributed by atoms with Crippen LogP contribution < -0.4 is 10.4 Å². The molecule has 2 aromatic carbocycles. The van der Waals surface area contributed by atoms with Gasteiger partial charge in [-0.3, -0.25) is 4.79 Å². The maximum atomic E-state index is 12.1. The van der Waals surface area contributed by atoms with Gasteiger partial charge >= 0.3 is 0 Å². The minimum absolute atomic E-state index is 0.125. The SMILES string of the molecule is N#CC1=c2cc3cccc4c3c(c2=CCC1=O)-c1nnccc1-4. The molecule has 0 saturated heterocycles. The molecular weight excluding hydrogens is 286 g/mol. The summed E-state index contributed by atoms with van der Waals surface area (Å²) >= 11 is 0. The van der Waals surface area contributed by atoms with E-state index >= 15 is 0 Å². The van der Waals surface area contributed by atoms with Gasteiger partial charge in [-0.05, 0) is 33.7 Å². The molecule has 2 aliphatic rings. The van der Waals surface area contributed by atoms with Gasteiger partial charge in [0.25, 0.3) is 0 Å². The molecule has 106 valence electrons. The number of nitriles is 1. The predicted molar refractivity (Wildman–Crippen MR) is 86.3 cm³/mol. The number of benzene rings is 2. The molecule has 4 nitrogen and oxygen atoms in total. The summed E-state index contributed by atoms with van der Waals surface area (Å²) in [7, 11) is 0. The van der Waals surface area contributed by atoms with Crippen molar-refractivity contribution < 1.29 is 4.79 Å². The molecule has 0 unspecified atom stereocenters. The van der Waals surface area contributed by atoms with E-state index in [0.29, 0.717) is 5.22 Å². The molecule has 1 heterocycles. The maximum Gasteiger partial charge on any atom is 0.177 e. The van der Waals surface area contributed by atoms with Crippen molar-refractivity contribution in [1.29, 1.82) is 5.26 Å². The van der Waals surface area contributed by atoms with Crippen LogP contribution in [0.3, 0.4) is 0 Å². The molecule has 0 bridgehead atoms. The highest BCUT2D eigenvalue weighted by molar-refractivity contribution is 6.23. The molecule has 0 amide bonds. The summed E-state index contributed by atoms with van der Waals surface area (Å²) in [5.74, 6) is -0.125. The van der Waals surface area contributed by atoms with Crippen LogP contribution in [0.4, 0.5) is 0 Å². The Morgan fingerprint density at radius 2 is 2.09 bits per heavy atom. The van der Waals surface area contributed by atoms with Crippen LogP contribution in [0.2, 0.25) is 0 Å². The number of fused-ring (bicyclic) bond motifs is 5. The van der Waals surface area contributed by atoms with Gasteiger partial charge in [-0.2, -0.15) is 10.4 Å². The van der Waals surface area contributed by atoms with Crippen LogP contribution in [0.5, 0.6) is 0 Å². The number of rotatable bonds is 0. The monoisotopic (exact) mass is 295 g/mol. The lowest BCUT2D eigenvalue weighted by Crippen LogP contribution is -2.34. The highest BCUT2D eigenvalue weighted by Gasteiger charge is 2.26. The van der Waals surface area contributed by atoms with Crippen molar-refractivity contribution in [3.05, 3.63) is 47.0 Å². The normalized spacial score (nSPS) is 14.2. The van der Waals surface area contributed by atoms with E-state index in [2.05, 4.69) is 22.3 Å². The molecule has 5 rings (SSSR count). The van der Waals surface area contributed by atoms with Crippen LogP contribution >= 0.6 is 0 Å². The highest BCUT2D eigenvalue weighted by Crippen LogP contribution is 2.43. The summed E-state index contributed by atoms with van der Waals surface area (Å²) in [5.41, 5.74) is 4.25. The maximum absolute atomic E-state index is 12.1. The second-order valence-corrected chi connectivity index (χ2v) is 5.73. The Labute approximate surface area is 131 Å². The summed E-state index contributed by atoms with van der Waals surface area (Å²) in [6.45, 7) is 0. The number of ketones is 1. The van der Waals surface area contributed by atoms with Crippen molar-refractivity contribution in [3.8, 4) is 28.5 Å². The Balaban J connectivity index is 2.14. The fourth-order valence-electron chi connectivity index (χ4n) is 3.66. The number of hydrogen-bond donors (Lipinski definition) is 0. The Morgan fingerprint density at radius 1 is 1.17 bits per heavy atom. The predicted octanol–water partition coefficient (Wildman–Crippen LogP) is 1.70. The minimum atomic E-state index is -0.125. The lowest BCUT2D eigenvalue weighted by atomic mass is 9.93. The summed E-state index contributed by atoms with van der Waals surface area (Å²) in [4.78, 5) is 12.1. The van der Waals surface area contributed by atoms with E-state index in [9.17, 15) is 10.1 Å². The third-order valence-corrected chi connectivity index (χ3v) is 4.61. The molecule has 2 aliphatic carbocycles. The largest absolute Gasteiger partial charge is 0.293 e. The molecule has 0 fully saturated rings. The molecule has 0 saturated carbocycles. The Morgan fingerprint density at radius 3 is 2.96 bits per heavy atom. The van der Waals surface area contributed by atoms with Gasteiger partial charge in [0.1, 0.15) is 17.3 Å². The Kier molecular flexibility index (Phi) is 2.19. The van der Waals surface area contributed by atoms with Crippen molar-refractivity contribution in [3.63, 3.8) is 0 Å². The van der Waals surface area contributed by atoms with Gasteiger partial charge < -0.3 is 0 Å². The smallest absolute Gasteiger partial charge is 0.177 e. The second kappa shape index (κ2) is 4.11. The zero-order chi connectivity index (χ0) is 15.6. The highest BCUT2D eigenvalue weighted by atomic mass is 16.1. The van der Waals surface area contributed by atoms with Crippen LogP contribution in [0.15, 0.2) is 36.5 Å². The molecule has 0 radical (unpaired) electrons. The lowest BCUT2D eigenvalue weighted by Gasteiger charge is -2.09. The molecule has 0 atom stereocenters. The van der Waals surface area contributed by atoms with Gasteiger partial charge in [0.15, 0.2) is 5.78 Å². The first kappa shape index (κ1) is 12.2. The first-order valence-electron chi connectivity index (χ1n) is 7.35. The molecule has 3 aromatic rings. The lowest BCUT2D eigenvalue weighted by molar-refractivity contribution is -0.112. The zero-order valence-corrected chi connectivity index (χ0v) is 12.0. The zero-order valence-electron chi connectivity index (χ0n) is 12.0. The van der Waals surface area contributed by atoms with E-state index in [1.165, 1.54) is 0 Å². The topological polar surface area (TPSA) is 66.6 Å². The quantitative estimate of drug-likeness (QED) is 0.495. The molecule has 4 heteroatoms. The molecule has 1 aromatic heterocycles. The van der Waals surface area contributed by atoms with Gasteiger partial charge in [-0.1, -0.05) is 24.3 Å². The second-order valence-electron chi connectivity index (χ2n) is 5.73. The third kappa shape index (κ3) is 1.41. The standard InChI is InChI=1S/C19H9N3O/c20-9-15-14-8-10-2-1-3-11-13-6-7-21-22-19(13)18(17(10)11)12(14)4-5-16(15)23/h1-4,6-8H,5H2. The van der Waals surface area contributed by atoms with Crippen molar-refractivity contribution in [2.45, 2.75) is 6.42 Å². The number of hydrogen-bond acceptors (Lipinski definition) is 4. The summed E-state index contributed by atoms with van der Waals surface area (Å²) in [6, 6.07) is 12.1. The fourth-order valence-corrected chi connectivity index (χ4v) is 3.66. The minimum Gasteiger partial charge on any atom is -0.293 e. The molecular formula is C19H9N3O. The number of nitrogens with zero attached hydrogens (tertiary/aromatic N) is 3. The van der Waals surface area contributed by atoms with Gasteiger partial charge in [-0.15, -0.1) is 5.10 Å². The third-order valence-electron chi connectivity index (χ3n) is 4.61. The van der Waals surface area contributed by atoms with Crippen molar-refractivity contribution in [2.75, 3.05) is 0 Å². The molecule has 0 N–H and O–H groups in total. The van der Waals surface area contributed by atoms with Gasteiger partial charge in [0.2, 0.25) is 0 Å². The van der Waals surface area contributed by atoms with Gasteiger partial charge in [-0.25, -0.2) is 0 Å². The first-order chi connectivity index (χ1) is 11.3. The average molecular weight is 295 g/mol. The number of carbonyl (C=O) groups is 1. The van der Waals surface area contributed by atoms with Crippen LogP contribution in [0, 0.1) is 11.3 Å². The van der Waals surface area contributed by atoms with Crippen LogP contribution in [0.25, 0.3) is 44.8 Å². The molecule has 23 heavy (non-hydrogen) atoms. The van der Waals surface area contributed by atoms with E-state index in [1.54, 1.807) is 6.20 Å². The summed E-state index contributed by atoms with van der Waals surface area (Å²) in [6.07, 6.45) is 3.86. The number of aromatic nitrogens is 2. The van der Waals surface area contributed by atoms with E-state index in [0.717, 1.165) is 38.4 Å². The Bertz CT molecular complexity index is 1220. The Hall–Kier alpha value is -3.32. The number of carbonyl (C=O) groups excluding carboxylic acids is 1. The van der Waals surface area contributed by atoms with Crippen molar-refractivity contribution >= 4 is 28.2 Å². The van der Waals surface area contributed by atoms with Crippen LogP contribution in [0.1, 0.15) is 6.42 Å². The van der Waals surface area contributed by atoms with Crippen LogP contribution in [-0.4, -0.2) is 16.0 Å². The molecule has 0 aliphatic heterocycles. The first-order valence-corrected chi connectivity index (χ1v) is 7.35. The van der Waals surface area contributed by atoms with E-state index in [4.69, 9.17) is 0 Å². The van der Waals surface area contributed by atoms with Gasteiger partial charge in [0.05, 0.1) is 6.20 Å². The fraction of sp³-hybridized carbons (Fsp3) is 0.0526. The molecule has 0 spiro atoms. The summed E-state index contributed by atoms with van der Waals surface area (Å²) < 4.78 is 0. The van der Waals surface area contributed by atoms with Crippen molar-refractivity contribution in [1.82, 2.24) is 10.2 Å². The van der Waals surface area contributed by atoms with E-state index in [-0.39, 0.29) is 17.8 Å². The summed E-state index contributed by atoms with van der Waals surface area (Å²) in [5, 5.41) is 21.5. The van der Waals surface area contributed by atoms with E-state index < -0.39 is 0 Å². The van der Waals surface area contributed by atoms with Crippen LogP contribution in [-0.2, 0) is 4.79 Å². The van der Waals surface area contributed by atoms with Crippen molar-refractivity contribution in [2.24, 2.45) is 0 Å². The van der Waals surface area contributed by atoms with E-state index in [1.807, 2.05) is 30.3 Å². The van der Waals surface area contributed by atoms with Gasteiger partial charge in [0, 0.05) is 22.8 Å². The number of Topliss-reactive ketones (excluding diaryl/α,β-unsaturated/α-hetero) is 1. The average Bonchev–Trinajstić information content (AvgIpc) is 2.92.